The maximum absolute atomic E-state index is 13.5. The second kappa shape index (κ2) is 6.52. The lowest BCUT2D eigenvalue weighted by Crippen LogP contribution is -2.30. The van der Waals surface area contributed by atoms with Crippen LogP contribution in [0.5, 0.6) is 0 Å². The van der Waals surface area contributed by atoms with Crippen LogP contribution in [0.4, 0.5) is 4.39 Å². The molecule has 1 aromatic rings. The van der Waals surface area contributed by atoms with Crippen molar-refractivity contribution in [2.75, 3.05) is 6.54 Å². The van der Waals surface area contributed by atoms with Crippen molar-refractivity contribution >= 4 is 11.6 Å². The van der Waals surface area contributed by atoms with Gasteiger partial charge >= 0.3 is 0 Å². The highest BCUT2D eigenvalue weighted by molar-refractivity contribution is 6.31. The van der Waals surface area contributed by atoms with Gasteiger partial charge in [-0.05, 0) is 25.1 Å². The number of hydrogen-bond acceptors (Lipinski definition) is 1. The third-order valence-corrected chi connectivity index (χ3v) is 2.67. The van der Waals surface area contributed by atoms with Crippen LogP contribution in [-0.2, 0) is 6.42 Å². The van der Waals surface area contributed by atoms with Crippen molar-refractivity contribution < 1.29 is 4.39 Å². The Labute approximate surface area is 101 Å². The highest BCUT2D eigenvalue weighted by Crippen LogP contribution is 2.20. The van der Waals surface area contributed by atoms with E-state index in [-0.39, 0.29) is 11.9 Å². The monoisotopic (exact) mass is 239 g/mol. The Balaban J connectivity index is 2.74. The molecule has 0 saturated heterocycles. The normalized spacial score (nSPS) is 12.1. The summed E-state index contributed by atoms with van der Waals surface area (Å²) >= 11 is 5.93. The zero-order valence-corrected chi connectivity index (χ0v) is 10.0. The average Bonchev–Trinajstić information content (AvgIpc) is 2.28. The van der Waals surface area contributed by atoms with E-state index in [9.17, 15) is 4.39 Å². The minimum atomic E-state index is -0.300. The number of terminal acetylenes is 1. The first-order valence-electron chi connectivity index (χ1n) is 5.31. The van der Waals surface area contributed by atoms with E-state index in [1.54, 1.807) is 12.1 Å². The predicted molar refractivity (Wildman–Crippen MR) is 66.0 cm³/mol. The quantitative estimate of drug-likeness (QED) is 0.779. The van der Waals surface area contributed by atoms with E-state index in [0.29, 0.717) is 17.0 Å². The van der Waals surface area contributed by atoms with E-state index < -0.39 is 0 Å². The SMILES string of the molecule is C#CC(Cc1c(F)cccc1Cl)NCCC. The van der Waals surface area contributed by atoms with E-state index >= 15 is 0 Å². The largest absolute Gasteiger partial charge is 0.303 e. The molecular formula is C13H15ClFN. The van der Waals surface area contributed by atoms with E-state index in [1.807, 2.05) is 0 Å². The van der Waals surface area contributed by atoms with Crippen LogP contribution in [0.15, 0.2) is 18.2 Å². The van der Waals surface area contributed by atoms with Crippen molar-refractivity contribution in [3.05, 3.63) is 34.6 Å². The number of halogens is 2. The summed E-state index contributed by atoms with van der Waals surface area (Å²) in [4.78, 5) is 0. The van der Waals surface area contributed by atoms with Crippen LogP contribution in [0.1, 0.15) is 18.9 Å². The Kier molecular flexibility index (Phi) is 5.31. The summed E-state index contributed by atoms with van der Waals surface area (Å²) in [5.74, 6) is 2.30. The van der Waals surface area contributed by atoms with Crippen molar-refractivity contribution in [1.82, 2.24) is 5.32 Å². The molecule has 0 radical (unpaired) electrons. The van der Waals surface area contributed by atoms with Crippen molar-refractivity contribution in [3.63, 3.8) is 0 Å². The maximum atomic E-state index is 13.5. The lowest BCUT2D eigenvalue weighted by Gasteiger charge is -2.13. The molecule has 1 N–H and O–H groups in total. The zero-order chi connectivity index (χ0) is 12.0. The highest BCUT2D eigenvalue weighted by Gasteiger charge is 2.12. The summed E-state index contributed by atoms with van der Waals surface area (Å²) in [6.45, 7) is 2.87. The minimum Gasteiger partial charge on any atom is -0.303 e. The molecule has 1 unspecified atom stereocenters. The standard InChI is InChI=1S/C13H15ClFN/c1-3-8-16-10(4-2)9-11-12(14)6-5-7-13(11)15/h2,5-7,10,16H,3,8-9H2,1H3. The van der Waals surface area contributed by atoms with Crippen LogP contribution in [0.2, 0.25) is 5.02 Å². The molecule has 0 bridgehead atoms. The fraction of sp³-hybridized carbons (Fsp3) is 0.385. The zero-order valence-electron chi connectivity index (χ0n) is 9.26. The molecule has 1 atom stereocenters. The molecule has 86 valence electrons. The van der Waals surface area contributed by atoms with Crippen LogP contribution in [0.25, 0.3) is 0 Å². The summed E-state index contributed by atoms with van der Waals surface area (Å²) in [5.41, 5.74) is 0.482. The molecule has 3 heteroatoms. The number of benzene rings is 1. The Hall–Kier alpha value is -1.04. The molecule has 0 saturated carbocycles. The Morgan fingerprint density at radius 3 is 2.88 bits per heavy atom. The first kappa shape index (κ1) is 13.0. The summed E-state index contributed by atoms with van der Waals surface area (Å²) < 4.78 is 13.5. The van der Waals surface area contributed by atoms with Gasteiger partial charge in [0.25, 0.3) is 0 Å². The first-order chi connectivity index (χ1) is 7.69. The van der Waals surface area contributed by atoms with E-state index in [0.717, 1.165) is 13.0 Å². The van der Waals surface area contributed by atoms with Gasteiger partial charge in [0.05, 0.1) is 6.04 Å². The van der Waals surface area contributed by atoms with E-state index in [1.165, 1.54) is 6.07 Å². The third kappa shape index (κ3) is 3.52. The van der Waals surface area contributed by atoms with Gasteiger partial charge in [0, 0.05) is 17.0 Å². The van der Waals surface area contributed by atoms with Crippen molar-refractivity contribution in [2.24, 2.45) is 0 Å². The van der Waals surface area contributed by atoms with Gasteiger partial charge < -0.3 is 5.32 Å². The first-order valence-corrected chi connectivity index (χ1v) is 5.69. The molecule has 0 aliphatic carbocycles. The summed E-state index contributed by atoms with van der Waals surface area (Å²) in [6, 6.07) is 4.49. The minimum absolute atomic E-state index is 0.172. The molecule has 1 nitrogen and oxygen atoms in total. The van der Waals surface area contributed by atoms with Gasteiger partial charge in [0.1, 0.15) is 5.82 Å². The fourth-order valence-electron chi connectivity index (χ4n) is 1.44. The van der Waals surface area contributed by atoms with Gasteiger partial charge in [-0.25, -0.2) is 4.39 Å². The van der Waals surface area contributed by atoms with Gasteiger partial charge in [-0.1, -0.05) is 30.5 Å². The molecule has 0 aliphatic heterocycles. The van der Waals surface area contributed by atoms with Crippen molar-refractivity contribution in [3.8, 4) is 12.3 Å². The Bertz CT molecular complexity index is 364. The number of hydrogen-bond donors (Lipinski definition) is 1. The average molecular weight is 240 g/mol. The Morgan fingerprint density at radius 1 is 1.56 bits per heavy atom. The van der Waals surface area contributed by atoms with Crippen LogP contribution in [-0.4, -0.2) is 12.6 Å². The smallest absolute Gasteiger partial charge is 0.127 e. The maximum Gasteiger partial charge on any atom is 0.127 e. The predicted octanol–water partition coefficient (Wildman–Crippen LogP) is 3.02. The van der Waals surface area contributed by atoms with Gasteiger partial charge in [0.2, 0.25) is 0 Å². The third-order valence-electron chi connectivity index (χ3n) is 2.31. The highest BCUT2D eigenvalue weighted by atomic mass is 35.5. The molecule has 16 heavy (non-hydrogen) atoms. The molecule has 0 fully saturated rings. The van der Waals surface area contributed by atoms with E-state index in [2.05, 4.69) is 18.2 Å². The van der Waals surface area contributed by atoms with E-state index in [4.69, 9.17) is 18.0 Å². The molecule has 1 aromatic carbocycles. The molecule has 0 aromatic heterocycles. The molecule has 0 heterocycles. The Morgan fingerprint density at radius 2 is 2.31 bits per heavy atom. The van der Waals surface area contributed by atoms with Gasteiger partial charge in [-0.2, -0.15) is 0 Å². The van der Waals surface area contributed by atoms with Crippen LogP contribution in [0.3, 0.4) is 0 Å². The van der Waals surface area contributed by atoms with Crippen molar-refractivity contribution in [2.45, 2.75) is 25.8 Å². The van der Waals surface area contributed by atoms with Gasteiger partial charge in [-0.15, -0.1) is 6.42 Å². The molecule has 0 aliphatic rings. The molecular weight excluding hydrogens is 225 g/mol. The summed E-state index contributed by atoms with van der Waals surface area (Å²) in [6.07, 6.45) is 6.79. The second-order valence-electron chi connectivity index (χ2n) is 3.58. The topological polar surface area (TPSA) is 12.0 Å². The summed E-state index contributed by atoms with van der Waals surface area (Å²) in [5, 5.41) is 3.59. The molecule has 0 amide bonds. The van der Waals surface area contributed by atoms with Crippen LogP contribution in [0, 0.1) is 18.2 Å². The van der Waals surface area contributed by atoms with Gasteiger partial charge in [-0.3, -0.25) is 0 Å². The molecule has 1 rings (SSSR count). The number of nitrogens with one attached hydrogen (secondary N) is 1. The number of rotatable bonds is 5. The second-order valence-corrected chi connectivity index (χ2v) is 3.98. The van der Waals surface area contributed by atoms with Crippen molar-refractivity contribution in [1.29, 1.82) is 0 Å². The lowest BCUT2D eigenvalue weighted by molar-refractivity contribution is 0.565. The molecule has 0 spiro atoms. The van der Waals surface area contributed by atoms with Gasteiger partial charge in [0.15, 0.2) is 0 Å². The fourth-order valence-corrected chi connectivity index (χ4v) is 1.68. The summed E-state index contributed by atoms with van der Waals surface area (Å²) in [7, 11) is 0. The lowest BCUT2D eigenvalue weighted by atomic mass is 10.1. The van der Waals surface area contributed by atoms with Crippen LogP contribution < -0.4 is 5.32 Å². The van der Waals surface area contributed by atoms with Crippen LogP contribution >= 0.6 is 11.6 Å².